The third-order valence-corrected chi connectivity index (χ3v) is 3.61. The maximum atomic E-state index is 11.7. The molecule has 82 valence electrons. The van der Waals surface area contributed by atoms with E-state index in [2.05, 4.69) is 15.6 Å². The molecule has 1 aliphatic heterocycles. The molecule has 1 aliphatic rings. The van der Waals surface area contributed by atoms with Gasteiger partial charge in [0.2, 0.25) is 9.84 Å². The van der Waals surface area contributed by atoms with Gasteiger partial charge in [-0.05, 0) is 20.8 Å². The zero-order chi connectivity index (χ0) is 11.2. The van der Waals surface area contributed by atoms with Crippen LogP contribution in [0.5, 0.6) is 0 Å². The first-order chi connectivity index (χ1) is 6.93. The Balaban J connectivity index is 2.74. The van der Waals surface area contributed by atoms with E-state index in [-0.39, 0.29) is 10.9 Å². The van der Waals surface area contributed by atoms with E-state index in [4.69, 9.17) is 0 Å². The van der Waals surface area contributed by atoms with Crippen molar-refractivity contribution in [2.75, 3.05) is 5.43 Å². The molecule has 1 aromatic rings. The number of hydrogen-bond acceptors (Lipinski definition) is 5. The minimum atomic E-state index is -3.42. The number of rotatable bonds is 1. The van der Waals surface area contributed by atoms with Crippen molar-refractivity contribution in [1.29, 1.82) is 0 Å². The molecule has 0 unspecified atom stereocenters. The van der Waals surface area contributed by atoms with Crippen LogP contribution in [0.2, 0.25) is 0 Å². The third-order valence-electron chi connectivity index (χ3n) is 2.17. The van der Waals surface area contributed by atoms with Crippen molar-refractivity contribution in [2.45, 2.75) is 31.7 Å². The molecule has 0 saturated heterocycles. The Morgan fingerprint density at radius 1 is 1.47 bits per heavy atom. The quantitative estimate of drug-likeness (QED) is 0.775. The highest BCUT2D eigenvalue weighted by molar-refractivity contribution is 8.04. The predicted octanol–water partition coefficient (Wildman–Crippen LogP) is 0.915. The molecule has 2 heterocycles. The lowest BCUT2D eigenvalue weighted by atomic mass is 10.4. The van der Waals surface area contributed by atoms with Gasteiger partial charge < -0.3 is 0 Å². The van der Waals surface area contributed by atoms with Gasteiger partial charge in [0.25, 0.3) is 0 Å². The molecule has 0 radical (unpaired) electrons. The van der Waals surface area contributed by atoms with Crippen LogP contribution in [0.3, 0.4) is 0 Å². The summed E-state index contributed by atoms with van der Waals surface area (Å²) in [6.07, 6.45) is 0. The van der Waals surface area contributed by atoms with Crippen LogP contribution in [0.1, 0.15) is 25.6 Å². The van der Waals surface area contributed by atoms with Crippen molar-refractivity contribution in [3.63, 3.8) is 0 Å². The molecule has 1 N–H and O–H groups in total. The van der Waals surface area contributed by atoms with E-state index in [1.165, 1.54) is 0 Å². The maximum Gasteiger partial charge on any atom is 0.224 e. The summed E-state index contributed by atoms with van der Waals surface area (Å²) < 4.78 is 25.0. The molecular formula is C8H12N4O2S. The summed E-state index contributed by atoms with van der Waals surface area (Å²) in [6.45, 7) is 5.54. The topological polar surface area (TPSA) is 76.3 Å². The van der Waals surface area contributed by atoms with Gasteiger partial charge in [-0.25, -0.2) is 13.1 Å². The van der Waals surface area contributed by atoms with Crippen molar-refractivity contribution < 1.29 is 8.42 Å². The number of nitrogens with zero attached hydrogens (tertiary/aromatic N) is 3. The number of hydrazone groups is 1. The van der Waals surface area contributed by atoms with E-state index < -0.39 is 9.84 Å². The Labute approximate surface area is 87.9 Å². The molecule has 0 aliphatic carbocycles. The number of aryl methyl sites for hydroxylation is 1. The Hall–Kier alpha value is -1.37. The number of sulfone groups is 1. The highest BCUT2D eigenvalue weighted by atomic mass is 32.2. The molecular weight excluding hydrogens is 216 g/mol. The lowest BCUT2D eigenvalue weighted by Gasteiger charge is -2.13. The van der Waals surface area contributed by atoms with E-state index in [0.29, 0.717) is 11.5 Å². The van der Waals surface area contributed by atoms with Gasteiger partial charge in [-0.2, -0.15) is 10.2 Å². The SMILES string of the molecule is Cc1nn(C(C)C)c2c1S(=O)(=O)C=NN2. The molecule has 0 amide bonds. The lowest BCUT2D eigenvalue weighted by molar-refractivity contribution is 0.534. The van der Waals surface area contributed by atoms with Gasteiger partial charge in [0, 0.05) is 6.04 Å². The van der Waals surface area contributed by atoms with Crippen LogP contribution in [0.15, 0.2) is 10.00 Å². The molecule has 0 spiro atoms. The van der Waals surface area contributed by atoms with Crippen LogP contribution in [-0.2, 0) is 9.84 Å². The van der Waals surface area contributed by atoms with E-state index in [1.54, 1.807) is 11.6 Å². The average Bonchev–Trinajstić information content (AvgIpc) is 2.43. The summed E-state index contributed by atoms with van der Waals surface area (Å²) in [7, 11) is -3.42. The zero-order valence-corrected chi connectivity index (χ0v) is 9.54. The van der Waals surface area contributed by atoms with Crippen molar-refractivity contribution in [3.8, 4) is 0 Å². The second-order valence-corrected chi connectivity index (χ2v) is 5.40. The molecule has 1 aromatic heterocycles. The normalized spacial score (nSPS) is 17.6. The molecule has 0 saturated carbocycles. The summed E-state index contributed by atoms with van der Waals surface area (Å²) in [5.74, 6) is 0.449. The van der Waals surface area contributed by atoms with E-state index in [1.807, 2.05) is 13.8 Å². The smallest absolute Gasteiger partial charge is 0.224 e. The number of anilines is 1. The van der Waals surface area contributed by atoms with Gasteiger partial charge in [-0.1, -0.05) is 0 Å². The predicted molar refractivity (Wildman–Crippen MR) is 56.6 cm³/mol. The van der Waals surface area contributed by atoms with E-state index in [0.717, 1.165) is 5.55 Å². The summed E-state index contributed by atoms with van der Waals surface area (Å²) in [5.41, 5.74) is 4.09. The molecule has 0 atom stereocenters. The number of nitrogens with one attached hydrogen (secondary N) is 1. The highest BCUT2D eigenvalue weighted by Crippen LogP contribution is 2.29. The number of aromatic nitrogens is 2. The van der Waals surface area contributed by atoms with Gasteiger partial charge in [-0.3, -0.25) is 5.43 Å². The molecule has 0 aromatic carbocycles. The second-order valence-electron chi connectivity index (χ2n) is 3.69. The molecule has 15 heavy (non-hydrogen) atoms. The molecule has 0 bridgehead atoms. The summed E-state index contributed by atoms with van der Waals surface area (Å²) in [4.78, 5) is 0.228. The van der Waals surface area contributed by atoms with E-state index >= 15 is 0 Å². The van der Waals surface area contributed by atoms with Gasteiger partial charge in [-0.15, -0.1) is 0 Å². The van der Waals surface area contributed by atoms with E-state index in [9.17, 15) is 8.42 Å². The van der Waals surface area contributed by atoms with Gasteiger partial charge in [0.1, 0.15) is 10.4 Å². The first-order valence-electron chi connectivity index (χ1n) is 4.57. The molecule has 2 rings (SSSR count). The maximum absolute atomic E-state index is 11.7. The van der Waals surface area contributed by atoms with Gasteiger partial charge in [0.15, 0.2) is 5.82 Å². The van der Waals surface area contributed by atoms with Crippen LogP contribution in [0.25, 0.3) is 0 Å². The Kier molecular flexibility index (Phi) is 2.07. The van der Waals surface area contributed by atoms with Crippen LogP contribution < -0.4 is 5.43 Å². The summed E-state index contributed by atoms with van der Waals surface area (Å²) in [5, 5.41) is 7.79. The average molecular weight is 228 g/mol. The second kappa shape index (κ2) is 3.06. The minimum absolute atomic E-state index is 0.0865. The van der Waals surface area contributed by atoms with Crippen LogP contribution in [0.4, 0.5) is 5.82 Å². The fourth-order valence-corrected chi connectivity index (χ4v) is 2.72. The Morgan fingerprint density at radius 3 is 2.73 bits per heavy atom. The summed E-state index contributed by atoms with van der Waals surface area (Å²) >= 11 is 0. The molecule has 6 nitrogen and oxygen atoms in total. The number of hydrogen-bond donors (Lipinski definition) is 1. The standard InChI is InChI=1S/C8H12N4O2S/c1-5(2)12-8-7(6(3)11-12)15(13,14)4-9-10-8/h4-5,10H,1-3H3. The first-order valence-corrected chi connectivity index (χ1v) is 6.11. The minimum Gasteiger partial charge on any atom is -0.260 e. The Bertz CT molecular complexity index is 527. The van der Waals surface area contributed by atoms with Crippen molar-refractivity contribution in [1.82, 2.24) is 9.78 Å². The first kappa shape index (κ1) is 10.2. The molecule has 0 fully saturated rings. The van der Waals surface area contributed by atoms with Crippen molar-refractivity contribution in [3.05, 3.63) is 5.69 Å². The van der Waals surface area contributed by atoms with Crippen molar-refractivity contribution in [2.24, 2.45) is 5.10 Å². The van der Waals surface area contributed by atoms with Crippen LogP contribution >= 0.6 is 0 Å². The molecule has 7 heteroatoms. The fourth-order valence-electron chi connectivity index (χ4n) is 1.56. The van der Waals surface area contributed by atoms with Crippen molar-refractivity contribution >= 4 is 21.2 Å². The van der Waals surface area contributed by atoms with Gasteiger partial charge in [0.05, 0.1) is 5.69 Å². The van der Waals surface area contributed by atoms with Gasteiger partial charge >= 0.3 is 0 Å². The summed E-state index contributed by atoms with van der Waals surface area (Å²) in [6, 6.07) is 0.0865. The van der Waals surface area contributed by atoms with Crippen LogP contribution in [-0.4, -0.2) is 23.7 Å². The third kappa shape index (κ3) is 1.43. The lowest BCUT2D eigenvalue weighted by Crippen LogP contribution is -2.15. The largest absolute Gasteiger partial charge is 0.260 e. The fraction of sp³-hybridized carbons (Fsp3) is 0.500. The zero-order valence-electron chi connectivity index (χ0n) is 8.72. The van der Waals surface area contributed by atoms with Crippen LogP contribution in [0, 0.1) is 6.92 Å². The monoisotopic (exact) mass is 228 g/mol. The Morgan fingerprint density at radius 2 is 2.13 bits per heavy atom. The number of fused-ring (bicyclic) bond motifs is 1. The highest BCUT2D eigenvalue weighted by Gasteiger charge is 2.29.